The number of halogens is 8. The molecule has 2 unspecified atom stereocenters. The van der Waals surface area contributed by atoms with E-state index in [9.17, 15) is 26.3 Å². The molecule has 0 N–H and O–H groups in total. The average molecular weight is 686 g/mol. The number of hydrogen-bond acceptors (Lipinski definition) is 3. The van der Waals surface area contributed by atoms with Crippen LogP contribution in [0.25, 0.3) is 0 Å². The summed E-state index contributed by atoms with van der Waals surface area (Å²) >= 11 is 6.79. The van der Waals surface area contributed by atoms with Gasteiger partial charge in [-0.1, -0.05) is 59.6 Å². The fourth-order valence-electron chi connectivity index (χ4n) is 6.73. The second kappa shape index (κ2) is 10.3. The number of rotatable bonds is 4. The van der Waals surface area contributed by atoms with E-state index in [0.29, 0.717) is 20.1 Å². The summed E-state index contributed by atoms with van der Waals surface area (Å²) < 4.78 is 93.8. The highest BCUT2D eigenvalue weighted by molar-refractivity contribution is 9.10. The molecule has 216 valence electrons. The van der Waals surface area contributed by atoms with E-state index >= 15 is 0 Å². The third-order valence-corrected chi connectivity index (χ3v) is 8.46. The molecule has 11 heteroatoms. The van der Waals surface area contributed by atoms with E-state index in [1.54, 1.807) is 39.8 Å². The van der Waals surface area contributed by atoms with Crippen LogP contribution in [0.4, 0.5) is 26.3 Å². The molecule has 0 radical (unpaired) electrons. The molecular formula is C28H32Br2F6N2O. The van der Waals surface area contributed by atoms with Crippen molar-refractivity contribution < 1.29 is 31.1 Å². The molecule has 0 fully saturated rings. The van der Waals surface area contributed by atoms with E-state index in [2.05, 4.69) is 31.9 Å². The molecule has 2 aliphatic heterocycles. The molecule has 4 rings (SSSR count). The predicted octanol–water partition coefficient (Wildman–Crippen LogP) is 8.51. The number of benzene rings is 2. The van der Waals surface area contributed by atoms with Crippen LogP contribution in [-0.2, 0) is 28.7 Å². The lowest BCUT2D eigenvalue weighted by Gasteiger charge is -2.48. The van der Waals surface area contributed by atoms with Gasteiger partial charge in [0.15, 0.2) is 0 Å². The molecule has 2 aromatic rings. The van der Waals surface area contributed by atoms with Gasteiger partial charge in [0.05, 0.1) is 0 Å². The van der Waals surface area contributed by atoms with Crippen LogP contribution >= 0.6 is 31.9 Å². The Labute approximate surface area is 242 Å². The van der Waals surface area contributed by atoms with Gasteiger partial charge in [-0.3, -0.25) is 9.80 Å². The maximum atomic E-state index is 14.5. The Morgan fingerprint density at radius 1 is 0.692 bits per heavy atom. The van der Waals surface area contributed by atoms with Crippen molar-refractivity contribution >= 4 is 31.9 Å². The summed E-state index contributed by atoms with van der Waals surface area (Å²) in [6.07, 6.45) is -15.6. The molecule has 0 aromatic heterocycles. The van der Waals surface area contributed by atoms with Crippen molar-refractivity contribution in [3.63, 3.8) is 0 Å². The quantitative estimate of drug-likeness (QED) is 0.300. The van der Waals surface area contributed by atoms with Gasteiger partial charge in [0.1, 0.15) is 0 Å². The van der Waals surface area contributed by atoms with Crippen LogP contribution < -0.4 is 0 Å². The molecular weight excluding hydrogens is 654 g/mol. The Morgan fingerprint density at radius 3 is 1.33 bits per heavy atom. The van der Waals surface area contributed by atoms with Gasteiger partial charge in [0, 0.05) is 46.0 Å². The Kier molecular flexibility index (Phi) is 8.13. The molecule has 0 spiro atoms. The maximum absolute atomic E-state index is 14.5. The second-order valence-electron chi connectivity index (χ2n) is 12.0. The molecule has 39 heavy (non-hydrogen) atoms. The topological polar surface area (TPSA) is 15.7 Å². The third kappa shape index (κ3) is 6.22. The first-order valence-electron chi connectivity index (χ1n) is 12.6. The Morgan fingerprint density at radius 2 is 1.03 bits per heavy atom. The molecule has 3 nitrogen and oxygen atoms in total. The smallest absolute Gasteiger partial charge is 0.325 e. The fourth-order valence-corrected chi connectivity index (χ4v) is 7.97. The van der Waals surface area contributed by atoms with Crippen LogP contribution in [-0.4, -0.2) is 47.7 Å². The third-order valence-electron chi connectivity index (χ3n) is 7.54. The van der Waals surface area contributed by atoms with E-state index in [0.717, 1.165) is 32.1 Å². The van der Waals surface area contributed by atoms with Crippen molar-refractivity contribution in [2.45, 2.75) is 90.3 Å². The lowest BCUT2D eigenvalue weighted by atomic mass is 9.76. The number of nitrogens with zero attached hydrogens (tertiary/aromatic N) is 2. The molecule has 0 amide bonds. The highest BCUT2D eigenvalue weighted by Crippen LogP contribution is 2.44. The van der Waals surface area contributed by atoms with Gasteiger partial charge in [0.25, 0.3) is 0 Å². The van der Waals surface area contributed by atoms with Gasteiger partial charge in [-0.2, -0.15) is 26.3 Å². The van der Waals surface area contributed by atoms with E-state index < -0.39 is 35.6 Å². The standard InChI is InChI=1S/C28H32Br2F6N2O/c1-15-7-19(29)9-17-11-37(13-25(3,4)21(15)17)23(27(31,32)33)39-24(28(34,35)36)38-12-18-10-20(30)8-16(2)22(18)26(5,6)14-38/h7-10,23-24H,11-14H2,1-6H3. The highest BCUT2D eigenvalue weighted by atomic mass is 79.9. The number of fused-ring (bicyclic) bond motifs is 2. The number of ether oxygens (including phenoxy) is 1. The lowest BCUT2D eigenvalue weighted by molar-refractivity contribution is -0.349. The van der Waals surface area contributed by atoms with Gasteiger partial charge >= 0.3 is 12.4 Å². The van der Waals surface area contributed by atoms with Crippen LogP contribution in [0, 0.1) is 13.8 Å². The van der Waals surface area contributed by atoms with Crippen LogP contribution in [0.3, 0.4) is 0 Å². The van der Waals surface area contributed by atoms with Crippen molar-refractivity contribution in [2.24, 2.45) is 0 Å². The summed E-state index contributed by atoms with van der Waals surface area (Å²) in [4.78, 5) is 1.97. The summed E-state index contributed by atoms with van der Waals surface area (Å²) in [5, 5.41) is 0. The van der Waals surface area contributed by atoms with Crippen molar-refractivity contribution in [2.75, 3.05) is 13.1 Å². The van der Waals surface area contributed by atoms with Gasteiger partial charge in [0.2, 0.25) is 12.5 Å². The molecule has 2 aromatic carbocycles. The number of aryl methyl sites for hydroxylation is 2. The summed E-state index contributed by atoms with van der Waals surface area (Å²) in [6, 6.07) is 7.25. The second-order valence-corrected chi connectivity index (χ2v) is 13.8. The van der Waals surface area contributed by atoms with Crippen LogP contribution in [0.2, 0.25) is 0 Å². The first kappa shape index (κ1) is 30.8. The normalized spacial score (nSPS) is 21.3. The SMILES string of the molecule is Cc1cc(Br)cc2c1C(C)(C)CN(C(OC(N1Cc3cc(Br)cc(C)c3C(C)(C)C1)C(F)(F)F)C(F)(F)F)C2. The number of hydrogen-bond donors (Lipinski definition) is 0. The molecule has 0 aliphatic carbocycles. The minimum Gasteiger partial charge on any atom is -0.325 e. The van der Waals surface area contributed by atoms with Crippen LogP contribution in [0.1, 0.15) is 61.1 Å². The molecule has 2 heterocycles. The van der Waals surface area contributed by atoms with E-state index in [4.69, 9.17) is 4.74 Å². The van der Waals surface area contributed by atoms with Crippen molar-refractivity contribution in [1.29, 1.82) is 0 Å². The maximum Gasteiger partial charge on any atom is 0.428 e. The predicted molar refractivity (Wildman–Crippen MR) is 145 cm³/mol. The zero-order chi connectivity index (χ0) is 29.3. The summed E-state index contributed by atoms with van der Waals surface area (Å²) in [7, 11) is 0. The minimum absolute atomic E-state index is 0.113. The first-order valence-corrected chi connectivity index (χ1v) is 14.2. The lowest BCUT2D eigenvalue weighted by Crippen LogP contribution is -2.60. The van der Waals surface area contributed by atoms with E-state index in [1.807, 2.05) is 26.0 Å². The summed E-state index contributed by atoms with van der Waals surface area (Å²) in [5.74, 6) is 0. The van der Waals surface area contributed by atoms with Crippen molar-refractivity contribution in [3.8, 4) is 0 Å². The van der Waals surface area contributed by atoms with Gasteiger partial charge < -0.3 is 4.74 Å². The monoisotopic (exact) mass is 684 g/mol. The first-order chi connectivity index (χ1) is 17.7. The highest BCUT2D eigenvalue weighted by Gasteiger charge is 2.55. The van der Waals surface area contributed by atoms with Gasteiger partial charge in [-0.15, -0.1) is 0 Å². The van der Waals surface area contributed by atoms with E-state index in [1.165, 1.54) is 0 Å². The van der Waals surface area contributed by atoms with Crippen molar-refractivity contribution in [3.05, 3.63) is 66.6 Å². The molecule has 0 saturated carbocycles. The zero-order valence-electron chi connectivity index (χ0n) is 22.6. The van der Waals surface area contributed by atoms with Gasteiger partial charge in [-0.25, -0.2) is 0 Å². The minimum atomic E-state index is -5.05. The Balaban J connectivity index is 1.73. The Bertz CT molecular complexity index is 1160. The van der Waals surface area contributed by atoms with E-state index in [-0.39, 0.29) is 26.2 Å². The summed E-state index contributed by atoms with van der Waals surface area (Å²) in [6.45, 7) is 10.4. The van der Waals surface area contributed by atoms with Crippen LogP contribution in [0.15, 0.2) is 33.2 Å². The van der Waals surface area contributed by atoms with Gasteiger partial charge in [-0.05, 0) is 71.5 Å². The summed E-state index contributed by atoms with van der Waals surface area (Å²) in [5.41, 5.74) is 3.43. The van der Waals surface area contributed by atoms with Crippen molar-refractivity contribution in [1.82, 2.24) is 9.80 Å². The fraction of sp³-hybridized carbons (Fsp3) is 0.571. The molecule has 2 aliphatic rings. The van der Waals surface area contributed by atoms with Crippen LogP contribution in [0.5, 0.6) is 0 Å². The average Bonchev–Trinajstić information content (AvgIpc) is 2.68. The Hall–Kier alpha value is -1.14. The molecule has 0 saturated heterocycles. The number of alkyl halides is 6. The molecule has 2 atom stereocenters. The largest absolute Gasteiger partial charge is 0.428 e. The zero-order valence-corrected chi connectivity index (χ0v) is 25.8. The molecule has 0 bridgehead atoms.